The van der Waals surface area contributed by atoms with Crippen LogP contribution in [0.3, 0.4) is 0 Å². The molecule has 0 aromatic carbocycles. The Hall–Kier alpha value is -0.720. The summed E-state index contributed by atoms with van der Waals surface area (Å²) >= 11 is 1.62. The van der Waals surface area contributed by atoms with E-state index in [2.05, 4.69) is 34.4 Å². The van der Waals surface area contributed by atoms with Crippen molar-refractivity contribution in [2.75, 3.05) is 38.7 Å². The second-order valence-corrected chi connectivity index (χ2v) is 5.85. The Morgan fingerprint density at radius 1 is 1.44 bits per heavy atom. The largest absolute Gasteiger partial charge is 0.380 e. The number of rotatable bonds is 9. The van der Waals surface area contributed by atoms with Crippen molar-refractivity contribution in [3.8, 4) is 0 Å². The van der Waals surface area contributed by atoms with Crippen molar-refractivity contribution in [3.63, 3.8) is 0 Å². The van der Waals surface area contributed by atoms with Crippen molar-refractivity contribution >= 4 is 16.5 Å². The molecule has 1 aliphatic carbocycles. The summed E-state index contributed by atoms with van der Waals surface area (Å²) in [5, 5.41) is 13.4. The minimum absolute atomic E-state index is 0.811. The Morgan fingerprint density at radius 2 is 2.28 bits per heavy atom. The summed E-state index contributed by atoms with van der Waals surface area (Å²) < 4.78 is 5.62. The lowest BCUT2D eigenvalue weighted by Crippen LogP contribution is -2.23. The van der Waals surface area contributed by atoms with E-state index in [1.54, 1.807) is 11.3 Å². The van der Waals surface area contributed by atoms with E-state index in [0.29, 0.717) is 0 Å². The highest BCUT2D eigenvalue weighted by atomic mass is 32.1. The van der Waals surface area contributed by atoms with Crippen LogP contribution < -0.4 is 5.32 Å². The van der Waals surface area contributed by atoms with E-state index >= 15 is 0 Å². The maximum absolute atomic E-state index is 5.62. The molecule has 1 N–H and O–H groups in total. The summed E-state index contributed by atoms with van der Waals surface area (Å²) in [5.74, 6) is 0.848. The molecule has 5 nitrogen and oxygen atoms in total. The molecule has 6 heteroatoms. The first-order valence-electron chi connectivity index (χ1n) is 6.60. The maximum Gasteiger partial charge on any atom is 0.205 e. The second-order valence-electron chi connectivity index (χ2n) is 4.79. The van der Waals surface area contributed by atoms with Crippen LogP contribution in [0.5, 0.6) is 0 Å². The van der Waals surface area contributed by atoms with E-state index in [4.69, 9.17) is 4.74 Å². The molecule has 0 radical (unpaired) electrons. The number of nitrogens with one attached hydrogen (secondary N) is 1. The summed E-state index contributed by atoms with van der Waals surface area (Å²) in [6.45, 7) is 6.49. The van der Waals surface area contributed by atoms with Crippen molar-refractivity contribution in [1.29, 1.82) is 0 Å². The van der Waals surface area contributed by atoms with E-state index in [9.17, 15) is 0 Å². The molecule has 1 aromatic heterocycles. The molecule has 0 aliphatic heterocycles. The normalized spacial score (nSPS) is 15.3. The van der Waals surface area contributed by atoms with Gasteiger partial charge in [-0.2, -0.15) is 0 Å². The monoisotopic (exact) mass is 270 g/mol. The van der Waals surface area contributed by atoms with Crippen LogP contribution in [0.1, 0.15) is 24.8 Å². The first kappa shape index (κ1) is 13.7. The Balaban J connectivity index is 1.60. The van der Waals surface area contributed by atoms with E-state index in [1.807, 2.05) is 0 Å². The summed E-state index contributed by atoms with van der Waals surface area (Å²) in [5.41, 5.74) is 0. The number of ether oxygens (including phenoxy) is 1. The third-order valence-electron chi connectivity index (χ3n) is 2.87. The maximum atomic E-state index is 5.62. The van der Waals surface area contributed by atoms with Crippen LogP contribution in [0.2, 0.25) is 0 Å². The molecule has 0 atom stereocenters. The van der Waals surface area contributed by atoms with Crippen molar-refractivity contribution in [3.05, 3.63) is 5.01 Å². The molecule has 0 amide bonds. The molecule has 1 heterocycles. The quantitative estimate of drug-likeness (QED) is 0.694. The average Bonchev–Trinajstić information content (AvgIpc) is 3.07. The molecule has 0 saturated heterocycles. The van der Waals surface area contributed by atoms with Gasteiger partial charge in [0.05, 0.1) is 13.2 Å². The van der Waals surface area contributed by atoms with Gasteiger partial charge in [0.2, 0.25) is 5.13 Å². The minimum Gasteiger partial charge on any atom is -0.380 e. The number of aromatic nitrogens is 2. The van der Waals surface area contributed by atoms with Gasteiger partial charge in [0.1, 0.15) is 5.01 Å². The van der Waals surface area contributed by atoms with Crippen molar-refractivity contribution in [2.24, 2.45) is 5.92 Å². The zero-order valence-electron chi connectivity index (χ0n) is 11.2. The molecule has 1 saturated carbocycles. The fourth-order valence-electron chi connectivity index (χ4n) is 1.61. The molecule has 2 rings (SSSR count). The van der Waals surface area contributed by atoms with E-state index < -0.39 is 0 Å². The average molecular weight is 270 g/mol. The van der Waals surface area contributed by atoms with Crippen LogP contribution in [0.25, 0.3) is 0 Å². The Kier molecular flexibility index (Phi) is 5.34. The molecule has 0 spiro atoms. The molecule has 1 aromatic rings. The molecule has 102 valence electrons. The van der Waals surface area contributed by atoms with Crippen LogP contribution in [-0.2, 0) is 11.3 Å². The third kappa shape index (κ3) is 4.88. The van der Waals surface area contributed by atoms with Crippen molar-refractivity contribution < 1.29 is 4.74 Å². The highest BCUT2D eigenvalue weighted by Gasteiger charge is 2.20. The summed E-state index contributed by atoms with van der Waals surface area (Å²) in [4.78, 5) is 2.23. The van der Waals surface area contributed by atoms with Gasteiger partial charge in [0, 0.05) is 19.7 Å². The summed E-state index contributed by atoms with van der Waals surface area (Å²) in [7, 11) is 2.09. The molecule has 1 aliphatic rings. The smallest absolute Gasteiger partial charge is 0.205 e. The summed E-state index contributed by atoms with van der Waals surface area (Å²) in [6.07, 6.45) is 2.71. The topological polar surface area (TPSA) is 50.3 Å². The van der Waals surface area contributed by atoms with Crippen LogP contribution >= 0.6 is 11.3 Å². The van der Waals surface area contributed by atoms with Crippen molar-refractivity contribution in [2.45, 2.75) is 26.3 Å². The van der Waals surface area contributed by atoms with Crippen LogP contribution in [0.15, 0.2) is 0 Å². The lowest BCUT2D eigenvalue weighted by atomic mass is 10.5. The van der Waals surface area contributed by atoms with Gasteiger partial charge in [-0.1, -0.05) is 11.3 Å². The summed E-state index contributed by atoms with van der Waals surface area (Å²) in [6, 6.07) is 0. The minimum atomic E-state index is 0.811. The highest BCUT2D eigenvalue weighted by Crippen LogP contribution is 2.28. The highest BCUT2D eigenvalue weighted by molar-refractivity contribution is 7.15. The van der Waals surface area contributed by atoms with Gasteiger partial charge in [-0.15, -0.1) is 10.2 Å². The molecule has 1 fully saturated rings. The van der Waals surface area contributed by atoms with Crippen molar-refractivity contribution in [1.82, 2.24) is 15.1 Å². The van der Waals surface area contributed by atoms with Crippen LogP contribution in [-0.4, -0.2) is 48.4 Å². The zero-order valence-corrected chi connectivity index (χ0v) is 12.0. The number of likely N-dealkylation sites (N-methyl/N-ethyl adjacent to an activating group) is 1. The van der Waals surface area contributed by atoms with Gasteiger partial charge in [-0.3, -0.25) is 4.90 Å². The Morgan fingerprint density at radius 3 is 3.00 bits per heavy atom. The molecule has 0 bridgehead atoms. The lowest BCUT2D eigenvalue weighted by molar-refractivity contribution is 0.102. The third-order valence-corrected chi connectivity index (χ3v) is 3.73. The van der Waals surface area contributed by atoms with Crippen LogP contribution in [0.4, 0.5) is 5.13 Å². The lowest BCUT2D eigenvalue weighted by Gasteiger charge is -2.14. The van der Waals surface area contributed by atoms with E-state index in [1.165, 1.54) is 12.8 Å². The van der Waals surface area contributed by atoms with Gasteiger partial charge in [-0.25, -0.2) is 0 Å². The molecule has 18 heavy (non-hydrogen) atoms. The number of nitrogens with zero attached hydrogens (tertiary/aromatic N) is 3. The van der Waals surface area contributed by atoms with E-state index in [-0.39, 0.29) is 0 Å². The molecular weight excluding hydrogens is 248 g/mol. The predicted octanol–water partition coefficient (Wildman–Crippen LogP) is 1.83. The first-order chi connectivity index (χ1) is 8.78. The Bertz CT molecular complexity index is 354. The SMILES string of the molecule is CCNc1nnc(CN(C)CCOCC2CC2)s1. The first-order valence-corrected chi connectivity index (χ1v) is 7.42. The fraction of sp³-hybridized carbons (Fsp3) is 0.833. The Labute approximate surface area is 113 Å². The standard InChI is InChI=1S/C12H22N4OS/c1-3-13-12-15-14-11(18-12)8-16(2)6-7-17-9-10-4-5-10/h10H,3-9H2,1-2H3,(H,13,15). The van der Waals surface area contributed by atoms with Gasteiger partial charge in [-0.05, 0) is 32.7 Å². The van der Waals surface area contributed by atoms with Gasteiger partial charge in [0.15, 0.2) is 0 Å². The fourth-order valence-corrected chi connectivity index (χ4v) is 2.49. The van der Waals surface area contributed by atoms with E-state index in [0.717, 1.165) is 48.9 Å². The van der Waals surface area contributed by atoms with Gasteiger partial charge in [0.25, 0.3) is 0 Å². The molecular formula is C12H22N4OS. The number of anilines is 1. The second kappa shape index (κ2) is 7.01. The van der Waals surface area contributed by atoms with Gasteiger partial charge >= 0.3 is 0 Å². The molecule has 0 unspecified atom stereocenters. The van der Waals surface area contributed by atoms with Crippen LogP contribution in [0, 0.1) is 5.92 Å². The zero-order chi connectivity index (χ0) is 12.8. The predicted molar refractivity (Wildman–Crippen MR) is 73.9 cm³/mol. The van der Waals surface area contributed by atoms with Gasteiger partial charge < -0.3 is 10.1 Å². The number of hydrogen-bond acceptors (Lipinski definition) is 6. The number of hydrogen-bond donors (Lipinski definition) is 1.